The summed E-state index contributed by atoms with van der Waals surface area (Å²) >= 11 is 0. The minimum absolute atomic E-state index is 0.259. The molecule has 0 aliphatic rings. The van der Waals surface area contributed by atoms with Gasteiger partial charge in [0.1, 0.15) is 11.2 Å². The van der Waals surface area contributed by atoms with Gasteiger partial charge in [-0.2, -0.15) is 5.26 Å². The van der Waals surface area contributed by atoms with E-state index in [-0.39, 0.29) is 5.91 Å². The molecule has 5 heteroatoms. The van der Waals surface area contributed by atoms with Crippen molar-refractivity contribution in [2.75, 3.05) is 0 Å². The summed E-state index contributed by atoms with van der Waals surface area (Å²) in [5.74, 6) is -0.259. The summed E-state index contributed by atoms with van der Waals surface area (Å²) in [5.41, 5.74) is -0.317. The Labute approximate surface area is 95.1 Å². The van der Waals surface area contributed by atoms with Crippen LogP contribution in [0.5, 0.6) is 0 Å². The topological polar surface area (TPSA) is 70.7 Å². The third-order valence-corrected chi connectivity index (χ3v) is 2.82. The zero-order chi connectivity index (χ0) is 12.2. The van der Waals surface area contributed by atoms with Crippen LogP contribution in [0.1, 0.15) is 37.2 Å². The van der Waals surface area contributed by atoms with Gasteiger partial charge in [-0.3, -0.25) is 4.79 Å². The minimum atomic E-state index is -0.776. The molecule has 0 spiro atoms. The van der Waals surface area contributed by atoms with Crippen LogP contribution in [-0.4, -0.2) is 21.0 Å². The highest BCUT2D eigenvalue weighted by atomic mass is 16.2. The van der Waals surface area contributed by atoms with E-state index in [1.54, 1.807) is 17.9 Å². The first-order valence-electron chi connectivity index (χ1n) is 5.28. The Morgan fingerprint density at radius 1 is 1.62 bits per heavy atom. The van der Waals surface area contributed by atoms with Gasteiger partial charge in [-0.25, -0.2) is 4.98 Å². The molecule has 1 heterocycles. The first-order chi connectivity index (χ1) is 7.58. The molecule has 1 amide bonds. The number of amides is 1. The molecular weight excluding hydrogens is 204 g/mol. The Bertz CT molecular complexity index is 412. The van der Waals surface area contributed by atoms with Crippen molar-refractivity contribution in [1.29, 1.82) is 5.26 Å². The minimum Gasteiger partial charge on any atom is -0.332 e. The maximum Gasteiger partial charge on any atom is 0.270 e. The summed E-state index contributed by atoms with van der Waals surface area (Å²) in [7, 11) is 1.74. The smallest absolute Gasteiger partial charge is 0.270 e. The second kappa shape index (κ2) is 4.79. The van der Waals surface area contributed by atoms with Crippen molar-refractivity contribution in [2.45, 2.75) is 32.2 Å². The molecule has 1 aromatic heterocycles. The zero-order valence-corrected chi connectivity index (χ0v) is 9.82. The van der Waals surface area contributed by atoms with Gasteiger partial charge in [-0.1, -0.05) is 13.8 Å². The molecule has 1 aromatic rings. The lowest BCUT2D eigenvalue weighted by molar-refractivity contribution is 0.0907. The number of carbonyl (C=O) groups is 1. The number of carbonyl (C=O) groups excluding carboxylic acids is 1. The number of rotatable bonds is 4. The summed E-state index contributed by atoms with van der Waals surface area (Å²) < 4.78 is 1.63. The van der Waals surface area contributed by atoms with Gasteiger partial charge in [0.2, 0.25) is 0 Å². The molecule has 0 aromatic carbocycles. The highest BCUT2D eigenvalue weighted by molar-refractivity contribution is 5.93. The van der Waals surface area contributed by atoms with E-state index in [4.69, 9.17) is 5.26 Å². The number of hydrogen-bond acceptors (Lipinski definition) is 3. The Morgan fingerprint density at radius 3 is 2.62 bits per heavy atom. The van der Waals surface area contributed by atoms with E-state index in [9.17, 15) is 4.79 Å². The summed E-state index contributed by atoms with van der Waals surface area (Å²) in [6.45, 7) is 3.77. The fourth-order valence-corrected chi connectivity index (χ4v) is 1.47. The van der Waals surface area contributed by atoms with E-state index in [1.807, 2.05) is 13.8 Å². The largest absolute Gasteiger partial charge is 0.332 e. The Hall–Kier alpha value is -1.83. The molecule has 86 valence electrons. The fraction of sp³-hybridized carbons (Fsp3) is 0.545. The Kier molecular flexibility index (Phi) is 3.67. The van der Waals surface area contributed by atoms with Gasteiger partial charge in [-0.05, 0) is 12.8 Å². The van der Waals surface area contributed by atoms with E-state index in [2.05, 4.69) is 16.4 Å². The number of nitrogens with zero attached hydrogens (tertiary/aromatic N) is 3. The van der Waals surface area contributed by atoms with Crippen molar-refractivity contribution in [3.8, 4) is 6.07 Å². The number of hydrogen-bond donors (Lipinski definition) is 1. The van der Waals surface area contributed by atoms with E-state index >= 15 is 0 Å². The van der Waals surface area contributed by atoms with Crippen molar-refractivity contribution >= 4 is 5.91 Å². The molecule has 0 saturated carbocycles. The maximum absolute atomic E-state index is 11.9. The maximum atomic E-state index is 11.9. The number of nitrogens with one attached hydrogen (secondary N) is 1. The van der Waals surface area contributed by atoms with Crippen molar-refractivity contribution in [2.24, 2.45) is 7.05 Å². The summed E-state index contributed by atoms with van der Waals surface area (Å²) in [6.07, 6.45) is 4.22. The lowest BCUT2D eigenvalue weighted by Gasteiger charge is -2.24. The van der Waals surface area contributed by atoms with Crippen LogP contribution in [0.2, 0.25) is 0 Å². The summed E-state index contributed by atoms with van der Waals surface area (Å²) in [4.78, 5) is 15.8. The molecule has 0 fully saturated rings. The predicted octanol–water partition coefficient (Wildman–Crippen LogP) is 1.23. The SMILES string of the molecule is CCC(C#N)(CC)NC(=O)c1cncn1C. The second-order valence-corrected chi connectivity index (χ2v) is 3.74. The molecule has 16 heavy (non-hydrogen) atoms. The molecule has 5 nitrogen and oxygen atoms in total. The molecule has 0 aliphatic heterocycles. The predicted molar refractivity (Wildman–Crippen MR) is 59.6 cm³/mol. The molecule has 1 N–H and O–H groups in total. The molecule has 0 saturated heterocycles. The van der Waals surface area contributed by atoms with E-state index in [0.29, 0.717) is 18.5 Å². The summed E-state index contributed by atoms with van der Waals surface area (Å²) in [5, 5.41) is 11.9. The van der Waals surface area contributed by atoms with E-state index in [1.165, 1.54) is 6.20 Å². The van der Waals surface area contributed by atoms with Crippen LogP contribution in [-0.2, 0) is 7.05 Å². The van der Waals surface area contributed by atoms with Crippen LogP contribution in [0.15, 0.2) is 12.5 Å². The van der Waals surface area contributed by atoms with E-state index in [0.717, 1.165) is 0 Å². The van der Waals surface area contributed by atoms with Gasteiger partial charge < -0.3 is 9.88 Å². The van der Waals surface area contributed by atoms with Crippen molar-refractivity contribution < 1.29 is 4.79 Å². The Balaban J connectivity index is 2.86. The van der Waals surface area contributed by atoms with Gasteiger partial charge in [0.15, 0.2) is 0 Å². The average molecular weight is 220 g/mol. The molecule has 0 atom stereocenters. The third kappa shape index (κ3) is 2.22. The van der Waals surface area contributed by atoms with Gasteiger partial charge >= 0.3 is 0 Å². The standard InChI is InChI=1S/C11H16N4O/c1-4-11(5-2,7-12)14-10(16)9-6-13-8-15(9)3/h6,8H,4-5H2,1-3H3,(H,14,16). The normalized spacial score (nSPS) is 10.9. The zero-order valence-electron chi connectivity index (χ0n) is 9.82. The highest BCUT2D eigenvalue weighted by Crippen LogP contribution is 2.14. The van der Waals surface area contributed by atoms with Crippen LogP contribution in [0.4, 0.5) is 0 Å². The number of imidazole rings is 1. The Morgan fingerprint density at radius 2 is 2.25 bits per heavy atom. The van der Waals surface area contributed by atoms with Gasteiger partial charge in [0.25, 0.3) is 5.91 Å². The van der Waals surface area contributed by atoms with Crippen LogP contribution >= 0.6 is 0 Å². The van der Waals surface area contributed by atoms with Gasteiger partial charge in [-0.15, -0.1) is 0 Å². The van der Waals surface area contributed by atoms with Gasteiger partial charge in [0.05, 0.1) is 18.6 Å². The molecule has 0 bridgehead atoms. The lowest BCUT2D eigenvalue weighted by Crippen LogP contribution is -2.46. The van der Waals surface area contributed by atoms with Crippen LogP contribution in [0, 0.1) is 11.3 Å². The highest BCUT2D eigenvalue weighted by Gasteiger charge is 2.28. The second-order valence-electron chi connectivity index (χ2n) is 3.74. The van der Waals surface area contributed by atoms with Crippen LogP contribution in [0.3, 0.4) is 0 Å². The number of nitriles is 1. The van der Waals surface area contributed by atoms with E-state index < -0.39 is 5.54 Å². The number of aromatic nitrogens is 2. The summed E-state index contributed by atoms with van der Waals surface area (Å²) in [6, 6.07) is 2.17. The number of aryl methyl sites for hydroxylation is 1. The molecule has 1 rings (SSSR count). The van der Waals surface area contributed by atoms with Gasteiger partial charge in [0, 0.05) is 7.05 Å². The lowest BCUT2D eigenvalue weighted by atomic mass is 9.94. The van der Waals surface area contributed by atoms with Crippen molar-refractivity contribution in [3.63, 3.8) is 0 Å². The van der Waals surface area contributed by atoms with Crippen molar-refractivity contribution in [1.82, 2.24) is 14.9 Å². The first kappa shape index (κ1) is 12.2. The monoisotopic (exact) mass is 220 g/mol. The van der Waals surface area contributed by atoms with Crippen molar-refractivity contribution in [3.05, 3.63) is 18.2 Å². The third-order valence-electron chi connectivity index (χ3n) is 2.82. The fourth-order valence-electron chi connectivity index (χ4n) is 1.47. The van der Waals surface area contributed by atoms with Crippen LogP contribution in [0.25, 0.3) is 0 Å². The quantitative estimate of drug-likeness (QED) is 0.829. The molecule has 0 radical (unpaired) electrons. The molecule has 0 aliphatic carbocycles. The molecular formula is C11H16N4O. The van der Waals surface area contributed by atoms with Crippen LogP contribution < -0.4 is 5.32 Å². The average Bonchev–Trinajstić information content (AvgIpc) is 2.72. The molecule has 0 unspecified atom stereocenters. The first-order valence-corrected chi connectivity index (χ1v) is 5.28.